The quantitative estimate of drug-likeness (QED) is 0.0263. The van der Waals surface area contributed by atoms with Gasteiger partial charge in [-0.2, -0.15) is 0 Å². The number of carbonyl (C=O) groups excluding carboxylic acids is 3. The van der Waals surface area contributed by atoms with Crippen LogP contribution >= 0.6 is 0 Å². The molecule has 0 heterocycles. The fourth-order valence-electron chi connectivity index (χ4n) is 6.62. The third-order valence-electron chi connectivity index (χ3n) is 10.4. The van der Waals surface area contributed by atoms with E-state index in [4.69, 9.17) is 14.2 Å². The van der Waals surface area contributed by atoms with E-state index < -0.39 is 6.10 Å². The Morgan fingerprint density at radius 2 is 0.619 bits per heavy atom. The van der Waals surface area contributed by atoms with Gasteiger partial charge in [0.1, 0.15) is 13.2 Å². The van der Waals surface area contributed by atoms with Crippen LogP contribution in [0.25, 0.3) is 0 Å². The molecule has 0 spiro atoms. The minimum atomic E-state index is -0.801. The second kappa shape index (κ2) is 50.7. The summed E-state index contributed by atoms with van der Waals surface area (Å²) in [5.41, 5.74) is 0. The van der Waals surface area contributed by atoms with E-state index in [1.54, 1.807) is 0 Å². The average Bonchev–Trinajstić information content (AvgIpc) is 3.28. The van der Waals surface area contributed by atoms with Gasteiger partial charge >= 0.3 is 17.9 Å². The first kappa shape index (κ1) is 59.1. The normalized spacial score (nSPS) is 13.0. The number of ether oxygens (including phenoxy) is 3. The van der Waals surface area contributed by atoms with Crippen molar-refractivity contribution in [2.75, 3.05) is 13.2 Å². The standard InChI is InChI=1S/C57H92O6/c1-4-7-10-13-16-19-22-25-28-31-34-37-40-43-46-49-55(58)61-52-54(63-57(60)51-48-45-42-39-36-33-30-27-24-21-18-15-12-9-6-3)53-62-56(59)50-47-44-41-38-35-32-29-26-23-20-17-14-11-8-5-2/h7,9-10,12-13,15-26,28,54H,4-6,8,11,14,27,29-53H2,1-3H3/b10-7-,12-9-,16-13-,18-15-,20-17-,22-19-,24-21-,26-23-,28-25-. The topological polar surface area (TPSA) is 78.9 Å². The fourth-order valence-corrected chi connectivity index (χ4v) is 6.62. The van der Waals surface area contributed by atoms with Gasteiger partial charge in [-0.15, -0.1) is 0 Å². The maximum Gasteiger partial charge on any atom is 0.306 e. The molecular weight excluding hydrogens is 781 g/mol. The largest absolute Gasteiger partial charge is 0.462 e. The molecular formula is C57H92O6. The number of hydrogen-bond acceptors (Lipinski definition) is 6. The lowest BCUT2D eigenvalue weighted by Gasteiger charge is -2.18. The van der Waals surface area contributed by atoms with Crippen molar-refractivity contribution in [2.24, 2.45) is 0 Å². The Balaban J connectivity index is 4.49. The van der Waals surface area contributed by atoms with Gasteiger partial charge in [0.2, 0.25) is 0 Å². The van der Waals surface area contributed by atoms with E-state index in [0.29, 0.717) is 19.3 Å². The molecule has 6 heteroatoms. The lowest BCUT2D eigenvalue weighted by molar-refractivity contribution is -0.167. The fraction of sp³-hybridized carbons (Fsp3) is 0.632. The average molecular weight is 873 g/mol. The second-order valence-corrected chi connectivity index (χ2v) is 16.5. The van der Waals surface area contributed by atoms with Crippen molar-refractivity contribution in [1.82, 2.24) is 0 Å². The molecule has 0 rings (SSSR count). The highest BCUT2D eigenvalue weighted by atomic mass is 16.6. The summed E-state index contributed by atoms with van der Waals surface area (Å²) in [5, 5.41) is 0. The molecule has 0 fully saturated rings. The van der Waals surface area contributed by atoms with Crippen LogP contribution < -0.4 is 0 Å². The zero-order valence-corrected chi connectivity index (χ0v) is 40.5. The van der Waals surface area contributed by atoms with Gasteiger partial charge in [0.25, 0.3) is 0 Å². The summed E-state index contributed by atoms with van der Waals surface area (Å²) >= 11 is 0. The molecule has 0 radical (unpaired) electrons. The Morgan fingerprint density at radius 1 is 0.333 bits per heavy atom. The molecule has 356 valence electrons. The predicted molar refractivity (Wildman–Crippen MR) is 270 cm³/mol. The van der Waals surface area contributed by atoms with Crippen molar-refractivity contribution >= 4 is 17.9 Å². The molecule has 1 unspecified atom stereocenters. The molecule has 0 aromatic rings. The van der Waals surface area contributed by atoms with E-state index in [0.717, 1.165) is 109 Å². The van der Waals surface area contributed by atoms with Gasteiger partial charge in [0.15, 0.2) is 6.10 Å². The molecule has 63 heavy (non-hydrogen) atoms. The summed E-state index contributed by atoms with van der Waals surface area (Å²) in [6, 6.07) is 0. The lowest BCUT2D eigenvalue weighted by Crippen LogP contribution is -2.30. The highest BCUT2D eigenvalue weighted by Crippen LogP contribution is 2.14. The zero-order chi connectivity index (χ0) is 45.8. The zero-order valence-electron chi connectivity index (χ0n) is 40.5. The molecule has 0 aliphatic heterocycles. The van der Waals surface area contributed by atoms with Crippen molar-refractivity contribution in [1.29, 1.82) is 0 Å². The molecule has 0 aliphatic carbocycles. The van der Waals surface area contributed by atoms with Crippen molar-refractivity contribution in [3.63, 3.8) is 0 Å². The van der Waals surface area contributed by atoms with Crippen LogP contribution in [-0.4, -0.2) is 37.2 Å². The van der Waals surface area contributed by atoms with Gasteiger partial charge in [0.05, 0.1) is 0 Å². The van der Waals surface area contributed by atoms with Gasteiger partial charge in [-0.05, 0) is 83.5 Å². The van der Waals surface area contributed by atoms with Crippen LogP contribution in [0.2, 0.25) is 0 Å². The van der Waals surface area contributed by atoms with E-state index in [1.165, 1.54) is 64.2 Å². The van der Waals surface area contributed by atoms with Crippen LogP contribution in [0.15, 0.2) is 109 Å². The van der Waals surface area contributed by atoms with Crippen LogP contribution in [0.4, 0.5) is 0 Å². The van der Waals surface area contributed by atoms with E-state index in [1.807, 2.05) is 18.2 Å². The lowest BCUT2D eigenvalue weighted by atomic mass is 10.1. The number of carbonyl (C=O) groups is 3. The molecule has 0 saturated carbocycles. The van der Waals surface area contributed by atoms with Crippen LogP contribution in [0.5, 0.6) is 0 Å². The summed E-state index contributed by atoms with van der Waals surface area (Å²) in [7, 11) is 0. The second-order valence-electron chi connectivity index (χ2n) is 16.5. The molecule has 0 aromatic heterocycles. The summed E-state index contributed by atoms with van der Waals surface area (Å²) in [5.74, 6) is -0.952. The number of unbranched alkanes of at least 4 members (excludes halogenated alkanes) is 21. The van der Waals surface area contributed by atoms with Crippen molar-refractivity contribution < 1.29 is 28.6 Å². The van der Waals surface area contributed by atoms with E-state index >= 15 is 0 Å². The Morgan fingerprint density at radius 3 is 0.984 bits per heavy atom. The van der Waals surface area contributed by atoms with E-state index in [-0.39, 0.29) is 31.1 Å². The maximum absolute atomic E-state index is 12.8. The summed E-state index contributed by atoms with van der Waals surface area (Å²) in [4.78, 5) is 38.0. The number of rotatable bonds is 44. The molecule has 0 bridgehead atoms. The van der Waals surface area contributed by atoms with Crippen molar-refractivity contribution in [2.45, 2.75) is 219 Å². The van der Waals surface area contributed by atoms with Crippen molar-refractivity contribution in [3.8, 4) is 0 Å². The number of esters is 3. The Hall–Kier alpha value is -3.93. The molecule has 0 saturated heterocycles. The first-order chi connectivity index (χ1) is 31.0. The van der Waals surface area contributed by atoms with Crippen molar-refractivity contribution in [3.05, 3.63) is 109 Å². The predicted octanol–water partition coefficient (Wildman–Crippen LogP) is 16.8. The smallest absolute Gasteiger partial charge is 0.306 e. The monoisotopic (exact) mass is 873 g/mol. The third-order valence-corrected chi connectivity index (χ3v) is 10.4. The molecule has 1 atom stereocenters. The van der Waals surface area contributed by atoms with Crippen LogP contribution in [0.3, 0.4) is 0 Å². The van der Waals surface area contributed by atoms with Gasteiger partial charge in [-0.25, -0.2) is 0 Å². The van der Waals surface area contributed by atoms with Gasteiger partial charge in [-0.3, -0.25) is 14.4 Å². The Labute approximate surface area is 387 Å². The maximum atomic E-state index is 12.8. The minimum absolute atomic E-state index is 0.0993. The molecule has 0 N–H and O–H groups in total. The van der Waals surface area contributed by atoms with Gasteiger partial charge < -0.3 is 14.2 Å². The highest BCUT2D eigenvalue weighted by molar-refractivity contribution is 5.71. The van der Waals surface area contributed by atoms with E-state index in [2.05, 4.69) is 112 Å². The molecule has 0 aliphatic rings. The SMILES string of the molecule is CC\C=C/C=C\C=C/C=C\CCCCCCCC(=O)OCC(COC(=O)CCCCCCCC/C=C\C=C/CCCCC)OC(=O)CCCCCCCCC\C=C/C=C\C=C/CC. The first-order valence-electron chi connectivity index (χ1n) is 25.5. The van der Waals surface area contributed by atoms with Gasteiger partial charge in [0, 0.05) is 19.3 Å². The van der Waals surface area contributed by atoms with Crippen LogP contribution in [-0.2, 0) is 28.6 Å². The summed E-state index contributed by atoms with van der Waals surface area (Å²) in [6.45, 7) is 6.29. The summed E-state index contributed by atoms with van der Waals surface area (Å²) < 4.78 is 16.8. The number of hydrogen-bond donors (Lipinski definition) is 0. The molecule has 0 aromatic carbocycles. The minimum Gasteiger partial charge on any atom is -0.462 e. The third kappa shape index (κ3) is 49.0. The van der Waals surface area contributed by atoms with Gasteiger partial charge in [-0.1, -0.05) is 220 Å². The Bertz CT molecular complexity index is 1330. The molecule has 6 nitrogen and oxygen atoms in total. The first-order valence-corrected chi connectivity index (χ1v) is 25.5. The Kier molecular flexibility index (Phi) is 47.5. The number of allylic oxidation sites excluding steroid dienone is 18. The molecule has 0 amide bonds. The van der Waals surface area contributed by atoms with Crippen LogP contribution in [0, 0.1) is 0 Å². The van der Waals surface area contributed by atoms with E-state index in [9.17, 15) is 14.4 Å². The summed E-state index contributed by atoms with van der Waals surface area (Å²) in [6.07, 6.45) is 67.7. The van der Waals surface area contributed by atoms with Crippen LogP contribution in [0.1, 0.15) is 213 Å². The highest BCUT2D eigenvalue weighted by Gasteiger charge is 2.19.